The van der Waals surface area contributed by atoms with Crippen molar-refractivity contribution in [3.63, 3.8) is 0 Å². The van der Waals surface area contributed by atoms with Gasteiger partial charge in [-0.2, -0.15) is 5.10 Å². The number of nitrogens with zero attached hydrogens (tertiary/aromatic N) is 4. The number of carbonyl (C=O) groups is 1. The molecule has 1 aliphatic heterocycles. The second kappa shape index (κ2) is 9.71. The zero-order valence-corrected chi connectivity index (χ0v) is 17.8. The molecule has 30 heavy (non-hydrogen) atoms. The number of hydrogen-bond donors (Lipinski definition) is 1. The van der Waals surface area contributed by atoms with Crippen molar-refractivity contribution >= 4 is 11.6 Å². The van der Waals surface area contributed by atoms with Gasteiger partial charge in [0, 0.05) is 6.54 Å². The van der Waals surface area contributed by atoms with Crippen molar-refractivity contribution in [3.8, 4) is 5.75 Å². The molecule has 2 heterocycles. The highest BCUT2D eigenvalue weighted by Crippen LogP contribution is 2.26. The number of carbonyl (C=O) groups excluding carboxylic acids is 1. The van der Waals surface area contributed by atoms with Crippen LogP contribution >= 0.6 is 0 Å². The molecule has 1 fully saturated rings. The topological polar surface area (TPSA) is 103 Å². The summed E-state index contributed by atoms with van der Waals surface area (Å²) >= 11 is 0. The number of likely N-dealkylation sites (tertiary alicyclic amines) is 1. The zero-order valence-electron chi connectivity index (χ0n) is 17.8. The summed E-state index contributed by atoms with van der Waals surface area (Å²) in [6.45, 7) is 5.60. The van der Waals surface area contributed by atoms with Gasteiger partial charge in [0.2, 0.25) is 5.91 Å². The number of benzene rings is 1. The maximum Gasteiger partial charge on any atom is 0.312 e. The van der Waals surface area contributed by atoms with Gasteiger partial charge in [0.1, 0.15) is 23.7 Å². The monoisotopic (exact) mass is 415 g/mol. The van der Waals surface area contributed by atoms with Gasteiger partial charge >= 0.3 is 5.69 Å². The lowest BCUT2D eigenvalue weighted by molar-refractivity contribution is -0.386. The number of aromatic nitrogens is 2. The molecule has 2 aromatic rings. The number of nitro groups is 1. The molecular formula is C21H29N5O4. The normalized spacial score (nSPS) is 15.6. The molecule has 1 unspecified atom stereocenters. The van der Waals surface area contributed by atoms with Crippen molar-refractivity contribution in [2.24, 2.45) is 0 Å². The van der Waals surface area contributed by atoms with E-state index >= 15 is 0 Å². The molecule has 1 aromatic carbocycles. The van der Waals surface area contributed by atoms with Crippen LogP contribution in [0.1, 0.15) is 42.3 Å². The predicted molar refractivity (Wildman–Crippen MR) is 113 cm³/mol. The molecule has 0 bridgehead atoms. The highest BCUT2D eigenvalue weighted by atomic mass is 16.6. The van der Waals surface area contributed by atoms with Crippen LogP contribution in [0, 0.1) is 24.0 Å². The number of nitrogens with one attached hydrogen (secondary N) is 1. The van der Waals surface area contributed by atoms with Crippen molar-refractivity contribution in [3.05, 3.63) is 51.3 Å². The summed E-state index contributed by atoms with van der Waals surface area (Å²) in [4.78, 5) is 25.7. The molecule has 0 radical (unpaired) electrons. The fraction of sp³-hybridized carbons (Fsp3) is 0.524. The molecule has 1 atom stereocenters. The first-order valence-electron chi connectivity index (χ1n) is 10.2. The van der Waals surface area contributed by atoms with E-state index in [9.17, 15) is 14.9 Å². The van der Waals surface area contributed by atoms with Crippen LogP contribution in [0.3, 0.4) is 0 Å². The van der Waals surface area contributed by atoms with E-state index in [-0.39, 0.29) is 24.2 Å². The number of piperidine rings is 1. The highest BCUT2D eigenvalue weighted by Gasteiger charge is 2.25. The summed E-state index contributed by atoms with van der Waals surface area (Å²) in [7, 11) is 1.64. The number of rotatable bonds is 8. The summed E-state index contributed by atoms with van der Waals surface area (Å²) in [5.74, 6) is 0.581. The van der Waals surface area contributed by atoms with Crippen molar-refractivity contribution in [1.82, 2.24) is 20.0 Å². The minimum absolute atomic E-state index is 0.0350. The molecule has 1 amide bonds. The Morgan fingerprint density at radius 1 is 1.23 bits per heavy atom. The number of aryl methyl sites for hydroxylation is 1. The Kier molecular flexibility index (Phi) is 7.04. The molecule has 3 rings (SSSR count). The van der Waals surface area contributed by atoms with Crippen LogP contribution in [0.25, 0.3) is 0 Å². The van der Waals surface area contributed by atoms with Crippen molar-refractivity contribution < 1.29 is 14.5 Å². The van der Waals surface area contributed by atoms with Crippen LogP contribution < -0.4 is 10.1 Å². The second-order valence-electron chi connectivity index (χ2n) is 7.62. The van der Waals surface area contributed by atoms with Gasteiger partial charge in [-0.3, -0.25) is 24.5 Å². The third-order valence-corrected chi connectivity index (χ3v) is 5.64. The van der Waals surface area contributed by atoms with E-state index in [0.29, 0.717) is 17.9 Å². The SMILES string of the molecule is COc1ccc(C(CNC(=O)Cn2nc(C)c([N+](=O)[O-])c2C)N2CCCCC2)cc1. The van der Waals surface area contributed by atoms with E-state index < -0.39 is 4.92 Å². The van der Waals surface area contributed by atoms with Gasteiger partial charge < -0.3 is 10.1 Å². The van der Waals surface area contributed by atoms with Gasteiger partial charge in [0.25, 0.3) is 0 Å². The Morgan fingerprint density at radius 2 is 1.90 bits per heavy atom. The van der Waals surface area contributed by atoms with Gasteiger partial charge in [-0.05, 0) is 57.5 Å². The van der Waals surface area contributed by atoms with E-state index in [1.54, 1.807) is 21.0 Å². The van der Waals surface area contributed by atoms with Gasteiger partial charge in [-0.25, -0.2) is 0 Å². The standard InChI is InChI=1S/C21H29N5O4/c1-15-21(26(28)29)16(2)25(23-15)14-20(27)22-13-19(24-11-5-4-6-12-24)17-7-9-18(30-3)10-8-17/h7-10,19H,4-6,11-14H2,1-3H3,(H,22,27). The van der Waals surface area contributed by atoms with Gasteiger partial charge in [-0.1, -0.05) is 18.6 Å². The maximum absolute atomic E-state index is 12.6. The number of ether oxygens (including phenoxy) is 1. The fourth-order valence-electron chi connectivity index (χ4n) is 4.02. The molecule has 0 aliphatic carbocycles. The summed E-state index contributed by atoms with van der Waals surface area (Å²) < 4.78 is 6.65. The summed E-state index contributed by atoms with van der Waals surface area (Å²) in [6.07, 6.45) is 3.53. The van der Waals surface area contributed by atoms with Crippen LogP contribution in [0.5, 0.6) is 5.75 Å². The van der Waals surface area contributed by atoms with E-state index in [4.69, 9.17) is 4.74 Å². The van der Waals surface area contributed by atoms with Gasteiger partial charge in [0.05, 0.1) is 18.1 Å². The van der Waals surface area contributed by atoms with Crippen LogP contribution in [-0.4, -0.2) is 52.3 Å². The first-order chi connectivity index (χ1) is 14.4. The Labute approximate surface area is 176 Å². The number of methoxy groups -OCH3 is 1. The average molecular weight is 415 g/mol. The molecule has 0 spiro atoms. The predicted octanol–water partition coefficient (Wildman–Crippen LogP) is 2.76. The van der Waals surface area contributed by atoms with E-state index in [1.165, 1.54) is 11.1 Å². The molecular weight excluding hydrogens is 386 g/mol. The second-order valence-corrected chi connectivity index (χ2v) is 7.62. The Morgan fingerprint density at radius 3 is 2.47 bits per heavy atom. The fourth-order valence-corrected chi connectivity index (χ4v) is 4.02. The minimum Gasteiger partial charge on any atom is -0.497 e. The number of amides is 1. The third kappa shape index (κ3) is 4.96. The molecule has 162 valence electrons. The summed E-state index contributed by atoms with van der Waals surface area (Å²) in [6, 6.07) is 8.00. The van der Waals surface area contributed by atoms with Crippen molar-refractivity contribution in [1.29, 1.82) is 0 Å². The molecule has 1 saturated heterocycles. The highest BCUT2D eigenvalue weighted by molar-refractivity contribution is 5.76. The number of hydrogen-bond acceptors (Lipinski definition) is 6. The van der Waals surface area contributed by atoms with Crippen LogP contribution in [0.4, 0.5) is 5.69 Å². The van der Waals surface area contributed by atoms with Crippen LogP contribution in [-0.2, 0) is 11.3 Å². The van der Waals surface area contributed by atoms with E-state index in [2.05, 4.69) is 15.3 Å². The molecule has 0 saturated carbocycles. The van der Waals surface area contributed by atoms with Crippen molar-refractivity contribution in [2.75, 3.05) is 26.7 Å². The zero-order chi connectivity index (χ0) is 21.7. The average Bonchev–Trinajstić information content (AvgIpc) is 3.02. The maximum atomic E-state index is 12.6. The Bertz CT molecular complexity index is 888. The summed E-state index contributed by atoms with van der Waals surface area (Å²) in [5.41, 5.74) is 1.79. The summed E-state index contributed by atoms with van der Waals surface area (Å²) in [5, 5.41) is 18.3. The molecule has 1 aromatic heterocycles. The molecule has 1 aliphatic rings. The Hall–Kier alpha value is -2.94. The van der Waals surface area contributed by atoms with E-state index in [0.717, 1.165) is 37.2 Å². The first-order valence-corrected chi connectivity index (χ1v) is 10.2. The molecule has 1 N–H and O–H groups in total. The lowest BCUT2D eigenvalue weighted by Gasteiger charge is -2.35. The van der Waals surface area contributed by atoms with Crippen LogP contribution in [0.2, 0.25) is 0 Å². The minimum atomic E-state index is -0.456. The first kappa shape index (κ1) is 21.8. The lowest BCUT2D eigenvalue weighted by atomic mass is 10.0. The Balaban J connectivity index is 1.69. The van der Waals surface area contributed by atoms with Crippen molar-refractivity contribution in [2.45, 2.75) is 45.7 Å². The molecule has 9 nitrogen and oxygen atoms in total. The van der Waals surface area contributed by atoms with Gasteiger partial charge in [-0.15, -0.1) is 0 Å². The largest absolute Gasteiger partial charge is 0.497 e. The smallest absolute Gasteiger partial charge is 0.312 e. The lowest BCUT2D eigenvalue weighted by Crippen LogP contribution is -2.41. The van der Waals surface area contributed by atoms with Crippen LogP contribution in [0.15, 0.2) is 24.3 Å². The molecule has 9 heteroatoms. The quantitative estimate of drug-likeness (QED) is 0.525. The third-order valence-electron chi connectivity index (χ3n) is 5.64. The van der Waals surface area contributed by atoms with E-state index in [1.807, 2.05) is 24.3 Å². The van der Waals surface area contributed by atoms with Gasteiger partial charge in [0.15, 0.2) is 0 Å².